The van der Waals surface area contributed by atoms with E-state index in [0.29, 0.717) is 0 Å². The van der Waals surface area contributed by atoms with E-state index in [2.05, 4.69) is 9.71 Å². The molecule has 0 amide bonds. The number of rotatable bonds is 5. The fraction of sp³-hybridized carbons (Fsp3) is 0.500. The zero-order valence-electron chi connectivity index (χ0n) is 7.42. The molecule has 0 saturated carbocycles. The summed E-state index contributed by atoms with van der Waals surface area (Å²) in [4.78, 5) is 3.58. The van der Waals surface area contributed by atoms with Gasteiger partial charge in [-0.25, -0.2) is 18.1 Å². The number of halogens is 1. The number of hydrogen-bond donors (Lipinski definition) is 3. The highest BCUT2D eigenvalue weighted by molar-refractivity contribution is 7.91. The van der Waals surface area contributed by atoms with Gasteiger partial charge in [-0.15, -0.1) is 0 Å². The van der Waals surface area contributed by atoms with Crippen LogP contribution in [0, 0.1) is 0 Å². The predicted octanol–water partition coefficient (Wildman–Crippen LogP) is -0.572. The largest absolute Gasteiger partial charge is 0.395 e. The maximum Gasteiger partial charge on any atom is 0.252 e. The number of hydrogen-bond acceptors (Lipinski definition) is 6. The van der Waals surface area contributed by atoms with Crippen LogP contribution in [0.4, 0.5) is 0 Å². The number of sulfonamides is 1. The summed E-state index contributed by atoms with van der Waals surface area (Å²) in [6, 6.07) is -0.920. The van der Waals surface area contributed by atoms with Crippen molar-refractivity contribution in [2.75, 3.05) is 13.2 Å². The second-order valence-corrected chi connectivity index (χ2v) is 6.17. The van der Waals surface area contributed by atoms with Crippen molar-refractivity contribution in [3.8, 4) is 0 Å². The fourth-order valence-electron chi connectivity index (χ4n) is 0.773. The van der Waals surface area contributed by atoms with Crippen molar-refractivity contribution in [3.63, 3.8) is 0 Å². The molecule has 6 nitrogen and oxygen atoms in total. The Morgan fingerprint density at radius 3 is 2.53 bits per heavy atom. The van der Waals surface area contributed by atoms with Crippen molar-refractivity contribution in [2.45, 2.75) is 10.3 Å². The van der Waals surface area contributed by atoms with Gasteiger partial charge in [0.2, 0.25) is 0 Å². The van der Waals surface area contributed by atoms with Crippen molar-refractivity contribution < 1.29 is 18.6 Å². The van der Waals surface area contributed by atoms with Crippen molar-refractivity contribution in [3.05, 3.63) is 10.7 Å². The van der Waals surface area contributed by atoms with Gasteiger partial charge in [0.25, 0.3) is 10.0 Å². The van der Waals surface area contributed by atoms with Crippen LogP contribution in [0.15, 0.2) is 10.4 Å². The Hall–Kier alpha value is -0.250. The number of thiazole rings is 1. The second-order valence-electron chi connectivity index (χ2n) is 2.62. The maximum absolute atomic E-state index is 11.6. The van der Waals surface area contributed by atoms with Gasteiger partial charge in [0.15, 0.2) is 8.68 Å². The molecule has 0 aliphatic heterocycles. The zero-order chi connectivity index (χ0) is 11.5. The van der Waals surface area contributed by atoms with Crippen molar-refractivity contribution in [2.24, 2.45) is 0 Å². The Balaban J connectivity index is 2.84. The molecule has 0 unspecified atom stereocenters. The third-order valence-electron chi connectivity index (χ3n) is 1.48. The van der Waals surface area contributed by atoms with E-state index < -0.39 is 29.3 Å². The van der Waals surface area contributed by atoms with Crippen LogP contribution in [0.25, 0.3) is 0 Å². The molecule has 1 heterocycles. The SMILES string of the molecule is O=S(=O)(NC(CO)CO)c1cnc(Cl)s1. The predicted molar refractivity (Wildman–Crippen MR) is 55.4 cm³/mol. The molecular weight excluding hydrogens is 264 g/mol. The first-order valence-corrected chi connectivity index (χ1v) is 6.52. The summed E-state index contributed by atoms with van der Waals surface area (Å²) >= 11 is 6.29. The molecule has 1 aromatic rings. The van der Waals surface area contributed by atoms with Gasteiger partial charge >= 0.3 is 0 Å². The Morgan fingerprint density at radius 2 is 2.13 bits per heavy atom. The molecule has 0 radical (unpaired) electrons. The highest BCUT2D eigenvalue weighted by Crippen LogP contribution is 2.22. The van der Waals surface area contributed by atoms with Gasteiger partial charge in [0, 0.05) is 0 Å². The van der Waals surface area contributed by atoms with Gasteiger partial charge in [-0.1, -0.05) is 22.9 Å². The average molecular weight is 273 g/mol. The van der Waals surface area contributed by atoms with Crippen LogP contribution in [-0.4, -0.2) is 42.9 Å². The minimum atomic E-state index is -3.76. The zero-order valence-corrected chi connectivity index (χ0v) is 9.81. The number of aromatic nitrogens is 1. The highest BCUT2D eigenvalue weighted by atomic mass is 35.5. The second kappa shape index (κ2) is 5.19. The van der Waals surface area contributed by atoms with E-state index in [-0.39, 0.29) is 8.68 Å². The summed E-state index contributed by atoms with van der Waals surface area (Å²) in [6.07, 6.45) is 1.11. The van der Waals surface area contributed by atoms with Gasteiger partial charge in [0.05, 0.1) is 25.5 Å². The maximum atomic E-state index is 11.6. The first-order valence-electron chi connectivity index (χ1n) is 3.85. The van der Waals surface area contributed by atoms with Crippen LogP contribution in [0.3, 0.4) is 0 Å². The summed E-state index contributed by atoms with van der Waals surface area (Å²) in [5.74, 6) is 0. The normalized spacial score (nSPS) is 12.3. The Kier molecular flexibility index (Phi) is 4.44. The monoisotopic (exact) mass is 272 g/mol. The molecule has 86 valence electrons. The van der Waals surface area contributed by atoms with Gasteiger partial charge in [-0.2, -0.15) is 0 Å². The lowest BCUT2D eigenvalue weighted by Crippen LogP contribution is -2.39. The van der Waals surface area contributed by atoms with Crippen LogP contribution in [0.5, 0.6) is 0 Å². The first kappa shape index (κ1) is 12.8. The van der Waals surface area contributed by atoms with E-state index in [1.54, 1.807) is 0 Å². The molecule has 0 fully saturated rings. The molecule has 1 aromatic heterocycles. The van der Waals surface area contributed by atoms with Crippen molar-refractivity contribution in [1.82, 2.24) is 9.71 Å². The van der Waals surface area contributed by atoms with Gasteiger partial charge in [-0.3, -0.25) is 0 Å². The van der Waals surface area contributed by atoms with Crippen molar-refractivity contribution in [1.29, 1.82) is 0 Å². The molecule has 0 aliphatic rings. The first-order chi connectivity index (χ1) is 6.99. The molecule has 0 aromatic carbocycles. The number of nitrogens with one attached hydrogen (secondary N) is 1. The minimum absolute atomic E-state index is 0.0561. The van der Waals surface area contributed by atoms with Crippen molar-refractivity contribution >= 4 is 33.0 Å². The lowest BCUT2D eigenvalue weighted by molar-refractivity contribution is 0.185. The summed E-state index contributed by atoms with van der Waals surface area (Å²) < 4.78 is 25.3. The van der Waals surface area contributed by atoms with E-state index >= 15 is 0 Å². The minimum Gasteiger partial charge on any atom is -0.395 e. The fourth-order valence-corrected chi connectivity index (χ4v) is 3.30. The van der Waals surface area contributed by atoms with E-state index in [0.717, 1.165) is 17.5 Å². The summed E-state index contributed by atoms with van der Waals surface area (Å²) in [5, 5.41) is 17.4. The van der Waals surface area contributed by atoms with Crippen LogP contribution in [-0.2, 0) is 10.0 Å². The number of aliphatic hydroxyl groups is 2. The van der Waals surface area contributed by atoms with E-state index in [1.807, 2.05) is 0 Å². The number of nitrogens with zero attached hydrogens (tertiary/aromatic N) is 1. The Labute approximate surface area is 95.6 Å². The molecule has 0 atom stereocenters. The van der Waals surface area contributed by atoms with Crippen LogP contribution in [0.1, 0.15) is 0 Å². The molecule has 0 saturated heterocycles. The third kappa shape index (κ3) is 3.37. The van der Waals surface area contributed by atoms with Gasteiger partial charge in [-0.05, 0) is 0 Å². The van der Waals surface area contributed by atoms with Gasteiger partial charge < -0.3 is 10.2 Å². The molecule has 15 heavy (non-hydrogen) atoms. The average Bonchev–Trinajstić information content (AvgIpc) is 2.62. The quantitative estimate of drug-likeness (QED) is 0.666. The highest BCUT2D eigenvalue weighted by Gasteiger charge is 2.21. The van der Waals surface area contributed by atoms with E-state index in [4.69, 9.17) is 21.8 Å². The smallest absolute Gasteiger partial charge is 0.252 e. The molecule has 9 heteroatoms. The Morgan fingerprint density at radius 1 is 1.53 bits per heavy atom. The Bertz CT molecular complexity index is 415. The summed E-state index contributed by atoms with van der Waals surface area (Å²) in [5.41, 5.74) is 0. The molecule has 0 aliphatic carbocycles. The van der Waals surface area contributed by atoms with Crippen LogP contribution in [0.2, 0.25) is 4.47 Å². The van der Waals surface area contributed by atoms with E-state index in [9.17, 15) is 8.42 Å². The molecule has 3 N–H and O–H groups in total. The lowest BCUT2D eigenvalue weighted by atomic mass is 10.4. The molecule has 0 bridgehead atoms. The van der Waals surface area contributed by atoms with Crippen LogP contribution < -0.4 is 4.72 Å². The number of aliphatic hydroxyl groups excluding tert-OH is 2. The third-order valence-corrected chi connectivity index (χ3v) is 4.58. The van der Waals surface area contributed by atoms with Gasteiger partial charge in [0.1, 0.15) is 0 Å². The van der Waals surface area contributed by atoms with Crippen LogP contribution >= 0.6 is 22.9 Å². The molecule has 0 spiro atoms. The molecular formula is C6H9ClN2O4S2. The standard InChI is InChI=1S/C6H9ClN2O4S2/c7-6-8-1-5(14-6)15(12,13)9-4(2-10)3-11/h1,4,9-11H,2-3H2. The molecule has 1 rings (SSSR count). The van der Waals surface area contributed by atoms with E-state index in [1.165, 1.54) is 0 Å². The lowest BCUT2D eigenvalue weighted by Gasteiger charge is -2.11. The summed E-state index contributed by atoms with van der Waals surface area (Å²) in [6.45, 7) is -0.968. The summed E-state index contributed by atoms with van der Waals surface area (Å²) in [7, 11) is -3.76. The topological polar surface area (TPSA) is 99.5 Å².